The van der Waals surface area contributed by atoms with Gasteiger partial charge in [0, 0.05) is 0 Å². The zero-order chi connectivity index (χ0) is 13.9. The van der Waals surface area contributed by atoms with E-state index >= 15 is 0 Å². The first-order valence-electron chi connectivity index (χ1n) is 6.06. The highest BCUT2D eigenvalue weighted by Crippen LogP contribution is 2.23. The zero-order valence-electron chi connectivity index (χ0n) is 10.4. The van der Waals surface area contributed by atoms with Gasteiger partial charge in [0.2, 0.25) is 5.90 Å². The first-order valence-corrected chi connectivity index (χ1v) is 6.44. The standard InChI is InChI=1S/C16H10ClNO2/c17-13-9-5-4-8-12(13)15-18-14(16(19)20-15)10-11-6-2-1-3-7-11/h1-10H. The van der Waals surface area contributed by atoms with Crippen molar-refractivity contribution in [3.05, 3.63) is 76.4 Å². The molecule has 3 rings (SSSR count). The number of aliphatic imine (C=N–C) groups is 1. The maximum atomic E-state index is 11.8. The Balaban J connectivity index is 1.98. The number of hydrogen-bond donors (Lipinski definition) is 0. The highest BCUT2D eigenvalue weighted by Gasteiger charge is 2.25. The Morgan fingerprint density at radius 1 is 1.00 bits per heavy atom. The molecule has 0 N–H and O–H groups in total. The van der Waals surface area contributed by atoms with E-state index in [1.807, 2.05) is 42.5 Å². The predicted octanol–water partition coefficient (Wildman–Crippen LogP) is 3.68. The van der Waals surface area contributed by atoms with Gasteiger partial charge in [0.25, 0.3) is 0 Å². The molecule has 0 saturated carbocycles. The highest BCUT2D eigenvalue weighted by molar-refractivity contribution is 6.34. The van der Waals surface area contributed by atoms with Crippen LogP contribution in [0.15, 0.2) is 65.3 Å². The van der Waals surface area contributed by atoms with Crippen LogP contribution >= 0.6 is 11.6 Å². The summed E-state index contributed by atoms with van der Waals surface area (Å²) in [5, 5.41) is 0.500. The van der Waals surface area contributed by atoms with Crippen LogP contribution in [0.4, 0.5) is 0 Å². The van der Waals surface area contributed by atoms with E-state index in [2.05, 4.69) is 4.99 Å². The second-order valence-electron chi connectivity index (χ2n) is 4.23. The molecular formula is C16H10ClNO2. The number of carbonyl (C=O) groups excluding carboxylic acids is 1. The topological polar surface area (TPSA) is 38.7 Å². The van der Waals surface area contributed by atoms with Crippen molar-refractivity contribution in [1.29, 1.82) is 0 Å². The number of benzene rings is 2. The summed E-state index contributed by atoms with van der Waals surface area (Å²) in [6, 6.07) is 16.6. The van der Waals surface area contributed by atoms with Crippen LogP contribution in [-0.4, -0.2) is 11.9 Å². The number of rotatable bonds is 2. The Morgan fingerprint density at radius 3 is 2.45 bits per heavy atom. The van der Waals surface area contributed by atoms with Crippen molar-refractivity contribution < 1.29 is 9.53 Å². The minimum atomic E-state index is -0.469. The molecule has 0 radical (unpaired) electrons. The van der Waals surface area contributed by atoms with Crippen molar-refractivity contribution in [2.45, 2.75) is 0 Å². The van der Waals surface area contributed by atoms with Crippen LogP contribution in [0.2, 0.25) is 5.02 Å². The molecule has 0 aliphatic carbocycles. The van der Waals surface area contributed by atoms with Crippen LogP contribution < -0.4 is 0 Å². The van der Waals surface area contributed by atoms with Gasteiger partial charge in [-0.05, 0) is 23.8 Å². The summed E-state index contributed by atoms with van der Waals surface area (Å²) in [5.74, 6) is -0.230. The van der Waals surface area contributed by atoms with Gasteiger partial charge in [-0.25, -0.2) is 9.79 Å². The molecule has 0 bridgehead atoms. The molecule has 0 aromatic heterocycles. The molecule has 0 spiro atoms. The molecule has 0 saturated heterocycles. The fourth-order valence-electron chi connectivity index (χ4n) is 1.87. The van der Waals surface area contributed by atoms with Crippen molar-refractivity contribution in [3.63, 3.8) is 0 Å². The molecule has 2 aromatic carbocycles. The molecule has 4 heteroatoms. The smallest absolute Gasteiger partial charge is 0.363 e. The molecular weight excluding hydrogens is 274 g/mol. The molecule has 0 unspecified atom stereocenters. The Morgan fingerprint density at radius 2 is 1.70 bits per heavy atom. The first-order chi connectivity index (χ1) is 9.74. The summed E-state index contributed by atoms with van der Waals surface area (Å²) in [4.78, 5) is 16.0. The number of hydrogen-bond acceptors (Lipinski definition) is 3. The van der Waals surface area contributed by atoms with E-state index in [4.69, 9.17) is 16.3 Å². The molecule has 0 fully saturated rings. The van der Waals surface area contributed by atoms with Crippen molar-refractivity contribution in [2.24, 2.45) is 4.99 Å². The van der Waals surface area contributed by atoms with Gasteiger partial charge in [-0.2, -0.15) is 0 Å². The Labute approximate surface area is 121 Å². The summed E-state index contributed by atoms with van der Waals surface area (Å²) in [7, 11) is 0. The van der Waals surface area contributed by atoms with Gasteiger partial charge in [0.05, 0.1) is 10.6 Å². The molecule has 1 heterocycles. The van der Waals surface area contributed by atoms with E-state index in [1.54, 1.807) is 18.2 Å². The molecule has 0 amide bonds. The Hall–Kier alpha value is -2.39. The fraction of sp³-hybridized carbons (Fsp3) is 0. The molecule has 3 nitrogen and oxygen atoms in total. The third kappa shape index (κ3) is 2.49. The van der Waals surface area contributed by atoms with Crippen LogP contribution in [-0.2, 0) is 9.53 Å². The number of esters is 1. The second kappa shape index (κ2) is 5.31. The zero-order valence-corrected chi connectivity index (χ0v) is 11.2. The van der Waals surface area contributed by atoms with Gasteiger partial charge in [-0.15, -0.1) is 0 Å². The third-order valence-corrected chi connectivity index (χ3v) is 3.16. The average molecular weight is 284 g/mol. The number of ether oxygens (including phenoxy) is 1. The summed E-state index contributed by atoms with van der Waals surface area (Å²) in [6.45, 7) is 0. The quantitative estimate of drug-likeness (QED) is 0.623. The highest BCUT2D eigenvalue weighted by atomic mass is 35.5. The van der Waals surface area contributed by atoms with E-state index in [1.165, 1.54) is 0 Å². The summed E-state index contributed by atoms with van der Waals surface area (Å²) < 4.78 is 5.17. The Kier molecular flexibility index (Phi) is 3.35. The molecule has 1 aliphatic rings. The van der Waals surface area contributed by atoms with Crippen LogP contribution in [0.3, 0.4) is 0 Å². The van der Waals surface area contributed by atoms with Gasteiger partial charge < -0.3 is 4.74 Å². The van der Waals surface area contributed by atoms with E-state index in [0.29, 0.717) is 10.6 Å². The van der Waals surface area contributed by atoms with Crippen LogP contribution in [0.25, 0.3) is 6.08 Å². The van der Waals surface area contributed by atoms with Crippen molar-refractivity contribution in [2.75, 3.05) is 0 Å². The summed E-state index contributed by atoms with van der Waals surface area (Å²) in [6.07, 6.45) is 1.69. The van der Waals surface area contributed by atoms with Gasteiger partial charge in [0.1, 0.15) is 0 Å². The van der Waals surface area contributed by atoms with Gasteiger partial charge >= 0.3 is 5.97 Å². The molecule has 1 aliphatic heterocycles. The maximum Gasteiger partial charge on any atom is 0.363 e. The number of cyclic esters (lactones) is 1. The lowest BCUT2D eigenvalue weighted by molar-refractivity contribution is -0.129. The minimum Gasteiger partial charge on any atom is -0.402 e. The number of nitrogens with zero attached hydrogens (tertiary/aromatic N) is 1. The largest absolute Gasteiger partial charge is 0.402 e. The number of halogens is 1. The lowest BCUT2D eigenvalue weighted by atomic mass is 10.2. The van der Waals surface area contributed by atoms with E-state index in [0.717, 1.165) is 5.56 Å². The monoisotopic (exact) mass is 283 g/mol. The van der Waals surface area contributed by atoms with Crippen LogP contribution in [0, 0.1) is 0 Å². The third-order valence-electron chi connectivity index (χ3n) is 2.83. The van der Waals surface area contributed by atoms with E-state index in [-0.39, 0.29) is 11.6 Å². The van der Waals surface area contributed by atoms with Crippen molar-refractivity contribution in [3.8, 4) is 0 Å². The minimum absolute atomic E-state index is 0.239. The molecule has 2 aromatic rings. The normalized spacial score (nSPS) is 16.1. The molecule has 0 atom stereocenters. The predicted molar refractivity (Wildman–Crippen MR) is 78.5 cm³/mol. The fourth-order valence-corrected chi connectivity index (χ4v) is 2.08. The van der Waals surface area contributed by atoms with E-state index < -0.39 is 5.97 Å². The van der Waals surface area contributed by atoms with Gasteiger partial charge in [0.15, 0.2) is 5.70 Å². The summed E-state index contributed by atoms with van der Waals surface area (Å²) >= 11 is 6.07. The Bertz CT molecular complexity index is 720. The maximum absolute atomic E-state index is 11.8. The lowest BCUT2D eigenvalue weighted by Gasteiger charge is -2.00. The lowest BCUT2D eigenvalue weighted by Crippen LogP contribution is -2.05. The molecule has 98 valence electrons. The number of carbonyl (C=O) groups is 1. The molecule has 20 heavy (non-hydrogen) atoms. The van der Waals surface area contributed by atoms with E-state index in [9.17, 15) is 4.79 Å². The van der Waals surface area contributed by atoms with Gasteiger partial charge in [-0.1, -0.05) is 54.1 Å². The first kappa shape index (κ1) is 12.6. The van der Waals surface area contributed by atoms with Crippen LogP contribution in [0.5, 0.6) is 0 Å². The van der Waals surface area contributed by atoms with Crippen molar-refractivity contribution >= 4 is 29.5 Å². The van der Waals surface area contributed by atoms with Gasteiger partial charge in [-0.3, -0.25) is 0 Å². The van der Waals surface area contributed by atoms with Crippen molar-refractivity contribution in [1.82, 2.24) is 0 Å². The SMILES string of the molecule is O=C1OC(c2ccccc2Cl)=NC1=Cc1ccccc1. The summed E-state index contributed by atoms with van der Waals surface area (Å²) in [5.41, 5.74) is 1.77. The second-order valence-corrected chi connectivity index (χ2v) is 4.63. The van der Waals surface area contributed by atoms with Crippen LogP contribution in [0.1, 0.15) is 11.1 Å². The average Bonchev–Trinajstić information content (AvgIpc) is 2.81.